The van der Waals surface area contributed by atoms with Crippen LogP contribution < -0.4 is 10.1 Å². The Balaban J connectivity index is 1.61. The molecular weight excluding hydrogens is 306 g/mol. The number of ether oxygens (including phenoxy) is 1. The number of rotatable bonds is 5. The Hall–Kier alpha value is -2.11. The normalized spacial score (nSPS) is 22.7. The third-order valence-electron chi connectivity index (χ3n) is 5.16. The molecule has 0 unspecified atom stereocenters. The fraction of sp³-hybridized carbons (Fsp3) is 0.611. The van der Waals surface area contributed by atoms with Crippen molar-refractivity contribution >= 4 is 11.8 Å². The lowest BCUT2D eigenvalue weighted by atomic mass is 10.1. The number of nitrogens with one attached hydrogen (secondary N) is 1. The molecule has 1 aliphatic heterocycles. The molecule has 2 amide bonds. The van der Waals surface area contributed by atoms with Crippen LogP contribution in [-0.2, 0) is 9.59 Å². The van der Waals surface area contributed by atoms with Crippen LogP contribution in [0.3, 0.4) is 0 Å². The average Bonchev–Trinajstić information content (AvgIpc) is 3.23. The van der Waals surface area contributed by atoms with Crippen molar-refractivity contribution < 1.29 is 14.3 Å². The monoisotopic (exact) mass is 331 g/mol. The molecule has 0 radical (unpaired) electrons. The van der Waals surface area contributed by atoms with Crippen LogP contribution in [0.5, 0.6) is 5.75 Å². The summed E-state index contributed by atoms with van der Waals surface area (Å²) in [6.07, 6.45) is 8.16. The lowest BCUT2D eigenvalue weighted by molar-refractivity contribution is -0.130. The van der Waals surface area contributed by atoms with Gasteiger partial charge in [-0.3, -0.25) is 14.6 Å². The first-order chi connectivity index (χ1) is 11.6. The van der Waals surface area contributed by atoms with Gasteiger partial charge >= 0.3 is 0 Å². The van der Waals surface area contributed by atoms with Crippen LogP contribution in [0.4, 0.5) is 0 Å². The fourth-order valence-corrected chi connectivity index (χ4v) is 3.80. The first-order valence-corrected chi connectivity index (χ1v) is 8.68. The summed E-state index contributed by atoms with van der Waals surface area (Å²) in [5, 5.41) is 3.02. The molecule has 1 aromatic heterocycles. The molecule has 130 valence electrons. The van der Waals surface area contributed by atoms with E-state index in [2.05, 4.69) is 10.3 Å². The Morgan fingerprint density at radius 3 is 2.88 bits per heavy atom. The molecule has 6 heteroatoms. The van der Waals surface area contributed by atoms with Gasteiger partial charge in [0.15, 0.2) is 0 Å². The molecule has 1 saturated heterocycles. The van der Waals surface area contributed by atoms with E-state index in [4.69, 9.17) is 4.74 Å². The van der Waals surface area contributed by atoms with E-state index in [9.17, 15) is 9.59 Å². The van der Waals surface area contributed by atoms with E-state index in [1.165, 1.54) is 12.8 Å². The number of hydrogen-bond acceptors (Lipinski definition) is 4. The smallest absolute Gasteiger partial charge is 0.225 e. The Labute approximate surface area is 142 Å². The van der Waals surface area contributed by atoms with Crippen LogP contribution in [0.25, 0.3) is 0 Å². The topological polar surface area (TPSA) is 71.5 Å². The van der Waals surface area contributed by atoms with Gasteiger partial charge in [-0.2, -0.15) is 0 Å². The number of hydrogen-bond donors (Lipinski definition) is 1. The minimum atomic E-state index is -0.256. The zero-order chi connectivity index (χ0) is 17.1. The van der Waals surface area contributed by atoms with Crippen molar-refractivity contribution in [1.29, 1.82) is 0 Å². The minimum Gasteiger partial charge on any atom is -0.495 e. The molecule has 1 saturated carbocycles. The van der Waals surface area contributed by atoms with E-state index in [0.717, 1.165) is 18.4 Å². The van der Waals surface area contributed by atoms with Gasteiger partial charge in [0.2, 0.25) is 11.8 Å². The minimum absolute atomic E-state index is 0.0600. The molecular formula is C18H25N3O3. The van der Waals surface area contributed by atoms with Crippen LogP contribution in [0.1, 0.15) is 50.6 Å². The maximum Gasteiger partial charge on any atom is 0.225 e. The van der Waals surface area contributed by atoms with Gasteiger partial charge in [-0.25, -0.2) is 0 Å². The molecule has 6 nitrogen and oxygen atoms in total. The van der Waals surface area contributed by atoms with Gasteiger partial charge in [0.1, 0.15) is 5.75 Å². The highest BCUT2D eigenvalue weighted by Gasteiger charge is 2.38. The van der Waals surface area contributed by atoms with E-state index in [1.807, 2.05) is 17.9 Å². The summed E-state index contributed by atoms with van der Waals surface area (Å²) in [6, 6.07) is 1.99. The number of likely N-dealkylation sites (tertiary alicyclic amines) is 1. The van der Waals surface area contributed by atoms with Crippen LogP contribution in [0, 0.1) is 5.92 Å². The van der Waals surface area contributed by atoms with Crippen molar-refractivity contribution in [2.24, 2.45) is 5.92 Å². The number of nitrogens with zero attached hydrogens (tertiary/aromatic N) is 2. The van der Waals surface area contributed by atoms with Gasteiger partial charge < -0.3 is 15.0 Å². The standard InChI is InChI=1S/C18H25N3O3/c1-12(15-7-8-19-10-16(15)24-2)20-18(23)13-9-17(22)21(11-13)14-5-3-4-6-14/h7-8,10,12-14H,3-6,9,11H2,1-2H3,(H,20,23)/t12-,13-/m1/s1. The molecule has 2 fully saturated rings. The summed E-state index contributed by atoms with van der Waals surface area (Å²) >= 11 is 0. The Bertz CT molecular complexity index is 613. The summed E-state index contributed by atoms with van der Waals surface area (Å²) < 4.78 is 5.30. The molecule has 3 rings (SSSR count). The molecule has 1 aliphatic carbocycles. The lowest BCUT2D eigenvalue weighted by Gasteiger charge is -2.24. The highest BCUT2D eigenvalue weighted by molar-refractivity contribution is 5.89. The SMILES string of the molecule is COc1cnccc1[C@@H](C)NC(=O)[C@@H]1CC(=O)N(C2CCCC2)C1. The van der Waals surface area contributed by atoms with E-state index in [0.29, 0.717) is 24.8 Å². The second kappa shape index (κ2) is 7.20. The first kappa shape index (κ1) is 16.7. The number of carbonyl (C=O) groups excluding carboxylic acids is 2. The average molecular weight is 331 g/mol. The van der Waals surface area contributed by atoms with Crippen LogP contribution >= 0.6 is 0 Å². The highest BCUT2D eigenvalue weighted by atomic mass is 16.5. The molecule has 2 atom stereocenters. The van der Waals surface area contributed by atoms with Gasteiger partial charge in [0, 0.05) is 30.8 Å². The molecule has 2 aliphatic rings. The lowest BCUT2D eigenvalue weighted by Crippen LogP contribution is -2.37. The molecule has 0 aromatic carbocycles. The second-order valence-corrected chi connectivity index (χ2v) is 6.73. The van der Waals surface area contributed by atoms with Crippen LogP contribution in [0.2, 0.25) is 0 Å². The molecule has 24 heavy (non-hydrogen) atoms. The zero-order valence-corrected chi connectivity index (χ0v) is 14.3. The first-order valence-electron chi connectivity index (χ1n) is 8.68. The van der Waals surface area contributed by atoms with E-state index in [-0.39, 0.29) is 23.8 Å². The van der Waals surface area contributed by atoms with Gasteiger partial charge in [0.25, 0.3) is 0 Å². The maximum atomic E-state index is 12.6. The van der Waals surface area contributed by atoms with Crippen molar-refractivity contribution in [2.45, 2.75) is 51.1 Å². The van der Waals surface area contributed by atoms with Gasteiger partial charge in [0.05, 0.1) is 25.3 Å². The summed E-state index contributed by atoms with van der Waals surface area (Å²) in [5.74, 6) is 0.458. The van der Waals surface area contributed by atoms with Crippen molar-refractivity contribution in [3.05, 3.63) is 24.0 Å². The van der Waals surface area contributed by atoms with Crippen molar-refractivity contribution in [3.63, 3.8) is 0 Å². The third kappa shape index (κ3) is 3.37. The van der Waals surface area contributed by atoms with Crippen LogP contribution in [0.15, 0.2) is 18.5 Å². The van der Waals surface area contributed by atoms with Crippen molar-refractivity contribution in [1.82, 2.24) is 15.2 Å². The summed E-state index contributed by atoms with van der Waals surface area (Å²) in [6.45, 7) is 2.47. The number of amides is 2. The molecule has 1 aromatic rings. The number of aromatic nitrogens is 1. The quantitative estimate of drug-likeness (QED) is 0.896. The number of pyridine rings is 1. The summed E-state index contributed by atoms with van der Waals surface area (Å²) in [5.41, 5.74) is 0.887. The molecule has 0 bridgehead atoms. The van der Waals surface area contributed by atoms with Gasteiger partial charge in [-0.1, -0.05) is 12.8 Å². The van der Waals surface area contributed by atoms with E-state index >= 15 is 0 Å². The number of methoxy groups -OCH3 is 1. The number of carbonyl (C=O) groups is 2. The molecule has 0 spiro atoms. The third-order valence-corrected chi connectivity index (χ3v) is 5.16. The summed E-state index contributed by atoms with van der Waals surface area (Å²) in [7, 11) is 1.59. The predicted octanol–water partition coefficient (Wildman–Crippen LogP) is 2.06. The van der Waals surface area contributed by atoms with E-state index < -0.39 is 0 Å². The second-order valence-electron chi connectivity index (χ2n) is 6.73. The predicted molar refractivity (Wildman–Crippen MR) is 89.4 cm³/mol. The van der Waals surface area contributed by atoms with Crippen molar-refractivity contribution in [2.75, 3.05) is 13.7 Å². The van der Waals surface area contributed by atoms with Gasteiger partial charge in [-0.15, -0.1) is 0 Å². The Kier molecular flexibility index (Phi) is 5.02. The highest BCUT2D eigenvalue weighted by Crippen LogP contribution is 2.30. The molecule has 2 heterocycles. The van der Waals surface area contributed by atoms with Crippen LogP contribution in [-0.4, -0.2) is 41.4 Å². The van der Waals surface area contributed by atoms with Gasteiger partial charge in [-0.05, 0) is 25.8 Å². The van der Waals surface area contributed by atoms with E-state index in [1.54, 1.807) is 19.5 Å². The zero-order valence-electron chi connectivity index (χ0n) is 14.3. The Morgan fingerprint density at radius 1 is 1.42 bits per heavy atom. The Morgan fingerprint density at radius 2 is 2.17 bits per heavy atom. The largest absolute Gasteiger partial charge is 0.495 e. The molecule has 1 N–H and O–H groups in total. The summed E-state index contributed by atoms with van der Waals surface area (Å²) in [4.78, 5) is 30.8. The fourth-order valence-electron chi connectivity index (χ4n) is 3.80. The van der Waals surface area contributed by atoms with Crippen molar-refractivity contribution in [3.8, 4) is 5.75 Å². The maximum absolute atomic E-state index is 12.6.